The molecule has 0 bridgehead atoms. The molecule has 0 aromatic heterocycles. The third-order valence-corrected chi connectivity index (χ3v) is 4.37. The number of aliphatic carboxylic acids is 1. The van der Waals surface area contributed by atoms with Gasteiger partial charge in [0.2, 0.25) is 0 Å². The van der Waals surface area contributed by atoms with Crippen molar-refractivity contribution in [3.8, 4) is 0 Å². The second-order valence-electron chi connectivity index (χ2n) is 3.68. The molecule has 0 aromatic rings. The van der Waals surface area contributed by atoms with Crippen LogP contribution in [0.15, 0.2) is 0 Å². The van der Waals surface area contributed by atoms with E-state index in [9.17, 15) is 18.0 Å². The second kappa shape index (κ2) is 3.80. The minimum absolute atomic E-state index is 0.0280. The van der Waals surface area contributed by atoms with Gasteiger partial charge >= 0.3 is 11.9 Å². The number of hydrogen-bond acceptors (Lipinski definition) is 5. The molecule has 0 saturated carbocycles. The Morgan fingerprint density at radius 2 is 2.07 bits per heavy atom. The van der Waals surface area contributed by atoms with Crippen LogP contribution in [0.4, 0.5) is 0 Å². The largest absolute Gasteiger partial charge is 0.481 e. The van der Waals surface area contributed by atoms with Gasteiger partial charge in [-0.05, 0) is 6.42 Å². The molecule has 86 valence electrons. The van der Waals surface area contributed by atoms with Crippen LogP contribution in [-0.4, -0.2) is 44.1 Å². The van der Waals surface area contributed by atoms with Crippen molar-refractivity contribution in [3.05, 3.63) is 0 Å². The lowest BCUT2D eigenvalue weighted by Gasteiger charge is -2.20. The van der Waals surface area contributed by atoms with Crippen molar-refractivity contribution < 1.29 is 27.9 Å². The summed E-state index contributed by atoms with van der Waals surface area (Å²) >= 11 is 0. The summed E-state index contributed by atoms with van der Waals surface area (Å²) in [5.74, 6) is -2.62. The van der Waals surface area contributed by atoms with Gasteiger partial charge in [0, 0.05) is 0 Å². The molecule has 0 radical (unpaired) electrons. The van der Waals surface area contributed by atoms with E-state index in [4.69, 9.17) is 5.11 Å². The van der Waals surface area contributed by atoms with Crippen LogP contribution in [0, 0.1) is 5.41 Å². The van der Waals surface area contributed by atoms with E-state index in [2.05, 4.69) is 4.74 Å². The van der Waals surface area contributed by atoms with E-state index >= 15 is 0 Å². The SMILES string of the molecule is COC(=O)CC1(C(=O)O)CCS(=O)(=O)C1. The van der Waals surface area contributed by atoms with Crippen LogP contribution in [0.5, 0.6) is 0 Å². The Labute approximate surface area is 87.1 Å². The maximum atomic E-state index is 11.2. The molecular weight excluding hydrogens is 224 g/mol. The number of ether oxygens (including phenoxy) is 1. The summed E-state index contributed by atoms with van der Waals surface area (Å²) in [4.78, 5) is 22.0. The number of carbonyl (C=O) groups excluding carboxylic acids is 1. The van der Waals surface area contributed by atoms with Crippen molar-refractivity contribution in [1.29, 1.82) is 0 Å². The van der Waals surface area contributed by atoms with Crippen LogP contribution < -0.4 is 0 Å². The van der Waals surface area contributed by atoms with Crippen molar-refractivity contribution in [2.24, 2.45) is 5.41 Å². The number of esters is 1. The molecule has 1 rings (SSSR count). The molecular formula is C8H12O6S. The normalized spacial score (nSPS) is 28.6. The van der Waals surface area contributed by atoms with Gasteiger partial charge in [-0.15, -0.1) is 0 Å². The second-order valence-corrected chi connectivity index (χ2v) is 5.86. The molecule has 7 heteroatoms. The number of carbonyl (C=O) groups is 2. The number of hydrogen-bond donors (Lipinski definition) is 1. The molecule has 0 spiro atoms. The predicted octanol–water partition coefficient (Wildman–Crippen LogP) is -0.561. The van der Waals surface area contributed by atoms with Crippen molar-refractivity contribution >= 4 is 21.8 Å². The number of sulfone groups is 1. The average Bonchev–Trinajstić information content (AvgIpc) is 2.43. The first-order chi connectivity index (χ1) is 6.81. The Hall–Kier alpha value is -1.11. The van der Waals surface area contributed by atoms with Gasteiger partial charge < -0.3 is 9.84 Å². The van der Waals surface area contributed by atoms with Gasteiger partial charge in [0.15, 0.2) is 9.84 Å². The molecule has 1 aliphatic rings. The van der Waals surface area contributed by atoms with Gasteiger partial charge in [-0.1, -0.05) is 0 Å². The van der Waals surface area contributed by atoms with Crippen LogP contribution in [0.3, 0.4) is 0 Å². The fraction of sp³-hybridized carbons (Fsp3) is 0.750. The first-order valence-corrected chi connectivity index (χ1v) is 6.14. The fourth-order valence-electron chi connectivity index (χ4n) is 1.65. The lowest BCUT2D eigenvalue weighted by atomic mass is 9.84. The lowest BCUT2D eigenvalue weighted by Crippen LogP contribution is -2.35. The quantitative estimate of drug-likeness (QED) is 0.659. The average molecular weight is 236 g/mol. The summed E-state index contributed by atoms with van der Waals surface area (Å²) in [6, 6.07) is 0. The lowest BCUT2D eigenvalue weighted by molar-refractivity contribution is -0.155. The highest BCUT2D eigenvalue weighted by atomic mass is 32.2. The zero-order valence-corrected chi connectivity index (χ0v) is 9.04. The minimum atomic E-state index is -3.34. The van der Waals surface area contributed by atoms with E-state index in [0.29, 0.717) is 0 Å². The van der Waals surface area contributed by atoms with Gasteiger partial charge in [0.1, 0.15) is 0 Å². The smallest absolute Gasteiger partial charge is 0.311 e. The summed E-state index contributed by atoms with van der Waals surface area (Å²) in [5, 5.41) is 8.97. The summed E-state index contributed by atoms with van der Waals surface area (Å²) in [6.45, 7) is 0. The summed E-state index contributed by atoms with van der Waals surface area (Å²) in [5.41, 5.74) is -1.49. The molecule has 1 N–H and O–H groups in total. The predicted molar refractivity (Wildman–Crippen MR) is 50.0 cm³/mol. The van der Waals surface area contributed by atoms with Gasteiger partial charge in [0.05, 0.1) is 30.5 Å². The number of rotatable bonds is 3. The standard InChI is InChI=1S/C8H12O6S/c1-14-6(9)4-8(7(10)11)2-3-15(12,13)5-8/h2-5H2,1H3,(H,10,11). The van der Waals surface area contributed by atoms with Crippen LogP contribution in [0.25, 0.3) is 0 Å². The molecule has 1 atom stereocenters. The van der Waals surface area contributed by atoms with Gasteiger partial charge in [-0.25, -0.2) is 8.42 Å². The minimum Gasteiger partial charge on any atom is -0.481 e. The Balaban J connectivity index is 2.93. The third-order valence-electron chi connectivity index (χ3n) is 2.55. The highest BCUT2D eigenvalue weighted by Crippen LogP contribution is 2.36. The summed E-state index contributed by atoms with van der Waals surface area (Å²) in [6.07, 6.45) is -0.419. The van der Waals surface area contributed by atoms with Crippen molar-refractivity contribution in [2.75, 3.05) is 18.6 Å². The number of carboxylic acid groups (broad SMARTS) is 1. The van der Waals surface area contributed by atoms with Crippen LogP contribution in [0.1, 0.15) is 12.8 Å². The molecule has 1 heterocycles. The zero-order chi connectivity index (χ0) is 11.7. The van der Waals surface area contributed by atoms with E-state index in [1.54, 1.807) is 0 Å². The molecule has 1 saturated heterocycles. The van der Waals surface area contributed by atoms with Crippen molar-refractivity contribution in [2.45, 2.75) is 12.8 Å². The van der Waals surface area contributed by atoms with Gasteiger partial charge in [-0.3, -0.25) is 9.59 Å². The Kier molecular flexibility index (Phi) is 3.03. The number of methoxy groups -OCH3 is 1. The summed E-state index contributed by atoms with van der Waals surface area (Å²) < 4.78 is 26.8. The maximum absolute atomic E-state index is 11.2. The third kappa shape index (κ3) is 2.47. The summed E-state index contributed by atoms with van der Waals surface area (Å²) in [7, 11) is -2.20. The van der Waals surface area contributed by atoms with Gasteiger partial charge in [-0.2, -0.15) is 0 Å². The molecule has 1 aliphatic heterocycles. The van der Waals surface area contributed by atoms with E-state index < -0.39 is 39.4 Å². The molecule has 1 fully saturated rings. The van der Waals surface area contributed by atoms with E-state index in [0.717, 1.165) is 7.11 Å². The van der Waals surface area contributed by atoms with E-state index in [1.807, 2.05) is 0 Å². The van der Waals surface area contributed by atoms with E-state index in [-0.39, 0.29) is 12.2 Å². The highest BCUT2D eigenvalue weighted by Gasteiger charge is 2.49. The molecule has 1 unspecified atom stereocenters. The maximum Gasteiger partial charge on any atom is 0.311 e. The van der Waals surface area contributed by atoms with Crippen LogP contribution >= 0.6 is 0 Å². The number of carboxylic acids is 1. The van der Waals surface area contributed by atoms with Crippen molar-refractivity contribution in [1.82, 2.24) is 0 Å². The van der Waals surface area contributed by atoms with Crippen LogP contribution in [-0.2, 0) is 24.2 Å². The topological polar surface area (TPSA) is 97.7 Å². The monoisotopic (exact) mass is 236 g/mol. The molecule has 15 heavy (non-hydrogen) atoms. The van der Waals surface area contributed by atoms with E-state index in [1.165, 1.54) is 0 Å². The van der Waals surface area contributed by atoms with Crippen molar-refractivity contribution in [3.63, 3.8) is 0 Å². The molecule has 0 amide bonds. The Morgan fingerprint density at radius 3 is 2.40 bits per heavy atom. The first kappa shape index (κ1) is 12.0. The van der Waals surface area contributed by atoms with Gasteiger partial charge in [0.25, 0.3) is 0 Å². The molecule has 6 nitrogen and oxygen atoms in total. The highest BCUT2D eigenvalue weighted by molar-refractivity contribution is 7.91. The molecule has 0 aromatic carbocycles. The Morgan fingerprint density at radius 1 is 1.47 bits per heavy atom. The molecule has 0 aliphatic carbocycles. The zero-order valence-electron chi connectivity index (χ0n) is 8.23. The first-order valence-electron chi connectivity index (χ1n) is 4.32. The fourth-order valence-corrected chi connectivity index (χ4v) is 3.71. The van der Waals surface area contributed by atoms with Crippen LogP contribution in [0.2, 0.25) is 0 Å². The Bertz CT molecular complexity index is 384.